The number of nitrogens with zero attached hydrogens (tertiary/aromatic N) is 1. The van der Waals surface area contributed by atoms with Crippen molar-refractivity contribution in [2.24, 2.45) is 11.8 Å². The quantitative estimate of drug-likeness (QED) is 0.822. The first-order chi connectivity index (χ1) is 12.4. The van der Waals surface area contributed by atoms with Crippen LogP contribution in [0, 0.1) is 11.8 Å². The van der Waals surface area contributed by atoms with Gasteiger partial charge < -0.3 is 15.5 Å². The van der Waals surface area contributed by atoms with E-state index in [1.807, 2.05) is 18.0 Å². The van der Waals surface area contributed by atoms with E-state index in [4.69, 9.17) is 0 Å². The predicted molar refractivity (Wildman–Crippen MR) is 96.7 cm³/mol. The highest BCUT2D eigenvalue weighted by molar-refractivity contribution is 5.72. The topological polar surface area (TPSA) is 27.3 Å². The fourth-order valence-corrected chi connectivity index (χ4v) is 6.06. The maximum absolute atomic E-state index is 13.9. The maximum Gasteiger partial charge on any atom is 0.418 e. The van der Waals surface area contributed by atoms with Crippen molar-refractivity contribution in [1.82, 2.24) is 5.32 Å². The van der Waals surface area contributed by atoms with Crippen LogP contribution >= 0.6 is 0 Å². The molecule has 2 heterocycles. The van der Waals surface area contributed by atoms with Gasteiger partial charge in [-0.2, -0.15) is 13.2 Å². The Morgan fingerprint density at radius 3 is 2.69 bits per heavy atom. The number of hydrogen-bond donors (Lipinski definition) is 2. The first-order valence-corrected chi connectivity index (χ1v) is 9.87. The van der Waals surface area contributed by atoms with E-state index < -0.39 is 11.7 Å². The lowest BCUT2D eigenvalue weighted by atomic mass is 9.89. The van der Waals surface area contributed by atoms with Crippen LogP contribution in [0.1, 0.15) is 49.1 Å². The summed E-state index contributed by atoms with van der Waals surface area (Å²) in [5.41, 5.74) is 1.45. The van der Waals surface area contributed by atoms with Crippen molar-refractivity contribution in [2.45, 2.75) is 56.3 Å². The molecule has 2 aliphatic heterocycles. The molecule has 2 N–H and O–H groups in total. The lowest BCUT2D eigenvalue weighted by molar-refractivity contribution is -0.137. The molecule has 3 fully saturated rings. The molecule has 3 nitrogen and oxygen atoms in total. The average molecular weight is 365 g/mol. The third-order valence-electron chi connectivity index (χ3n) is 7.23. The number of nitrogens with one attached hydrogen (secondary N) is 2. The molecule has 2 aliphatic carbocycles. The van der Waals surface area contributed by atoms with Crippen molar-refractivity contribution >= 4 is 11.4 Å². The van der Waals surface area contributed by atoms with Crippen LogP contribution in [-0.2, 0) is 6.18 Å². The number of hydrogen-bond acceptors (Lipinski definition) is 3. The van der Waals surface area contributed by atoms with Crippen LogP contribution in [0.3, 0.4) is 0 Å². The van der Waals surface area contributed by atoms with Gasteiger partial charge in [0.05, 0.1) is 11.3 Å². The second-order valence-electron chi connectivity index (χ2n) is 8.66. The van der Waals surface area contributed by atoms with Gasteiger partial charge in [-0.05, 0) is 61.8 Å². The number of fused-ring (bicyclic) bond motifs is 5. The number of anilines is 2. The number of benzene rings is 1. The molecule has 6 heteroatoms. The van der Waals surface area contributed by atoms with Crippen molar-refractivity contribution < 1.29 is 13.2 Å². The zero-order valence-electron chi connectivity index (χ0n) is 15.1. The van der Waals surface area contributed by atoms with Gasteiger partial charge in [-0.25, -0.2) is 0 Å². The lowest BCUT2D eigenvalue weighted by Gasteiger charge is -2.31. The van der Waals surface area contributed by atoms with Gasteiger partial charge in [0.1, 0.15) is 0 Å². The van der Waals surface area contributed by atoms with Crippen molar-refractivity contribution in [3.05, 3.63) is 23.3 Å². The molecule has 0 amide bonds. The van der Waals surface area contributed by atoms with E-state index in [0.717, 1.165) is 37.4 Å². The highest BCUT2D eigenvalue weighted by Crippen LogP contribution is 2.51. The lowest BCUT2D eigenvalue weighted by Crippen LogP contribution is -2.42. The Bertz CT molecular complexity index is 717. The van der Waals surface area contributed by atoms with Crippen LogP contribution in [0.25, 0.3) is 0 Å². The second-order valence-corrected chi connectivity index (χ2v) is 8.66. The average Bonchev–Trinajstić information content (AvgIpc) is 3.29. The monoisotopic (exact) mass is 365 g/mol. The van der Waals surface area contributed by atoms with Gasteiger partial charge in [0.15, 0.2) is 0 Å². The van der Waals surface area contributed by atoms with E-state index in [-0.39, 0.29) is 12.0 Å². The molecule has 1 aromatic rings. The summed E-state index contributed by atoms with van der Waals surface area (Å²) in [5.74, 6) is 1.55. The molecule has 1 aromatic carbocycles. The minimum absolute atomic E-state index is 0.145. The minimum Gasteiger partial charge on any atom is -0.382 e. The standard InChI is InChI=1S/C20H26F3N3/c1-26-18-4-5-24-10-15(18)14-8-13(9-16(19(14)26)20(21,22)23)25-17-7-11-2-3-12(17)6-11/h8-9,11-12,15,17-18,24-25H,2-7,10H2,1H3/t11-,12+,15+,17-,18+/m1/s1. The van der Waals surface area contributed by atoms with E-state index in [1.54, 1.807) is 0 Å². The summed E-state index contributed by atoms with van der Waals surface area (Å²) in [7, 11) is 1.83. The molecule has 0 aromatic heterocycles. The van der Waals surface area contributed by atoms with E-state index in [9.17, 15) is 13.2 Å². The van der Waals surface area contributed by atoms with Crippen molar-refractivity contribution in [3.8, 4) is 0 Å². The molecule has 5 atom stereocenters. The smallest absolute Gasteiger partial charge is 0.382 e. The summed E-state index contributed by atoms with van der Waals surface area (Å²) in [6, 6.07) is 3.87. The summed E-state index contributed by atoms with van der Waals surface area (Å²) in [5, 5.41) is 6.85. The fourth-order valence-electron chi connectivity index (χ4n) is 6.06. The Hall–Kier alpha value is -1.43. The zero-order valence-corrected chi connectivity index (χ0v) is 15.1. The third-order valence-corrected chi connectivity index (χ3v) is 7.23. The summed E-state index contributed by atoms with van der Waals surface area (Å²) >= 11 is 0. The largest absolute Gasteiger partial charge is 0.418 e. The van der Waals surface area contributed by atoms with Gasteiger partial charge in [0.25, 0.3) is 0 Å². The number of piperidine rings is 1. The normalized spacial score (nSPS) is 35.5. The summed E-state index contributed by atoms with van der Waals surface area (Å²) < 4.78 is 41.6. The van der Waals surface area contributed by atoms with Gasteiger partial charge >= 0.3 is 6.18 Å². The molecule has 0 spiro atoms. The zero-order chi connectivity index (χ0) is 18.1. The van der Waals surface area contributed by atoms with Crippen molar-refractivity contribution in [2.75, 3.05) is 30.4 Å². The van der Waals surface area contributed by atoms with Crippen LogP contribution in [-0.4, -0.2) is 32.2 Å². The highest BCUT2D eigenvalue weighted by atomic mass is 19.4. The molecule has 4 aliphatic rings. The van der Waals surface area contributed by atoms with Gasteiger partial charge in [-0.15, -0.1) is 0 Å². The Balaban J connectivity index is 1.54. The molecular formula is C20H26F3N3. The Morgan fingerprint density at radius 1 is 1.15 bits per heavy atom. The molecule has 1 saturated heterocycles. The summed E-state index contributed by atoms with van der Waals surface area (Å²) in [6.45, 7) is 1.63. The van der Waals surface area contributed by atoms with Gasteiger partial charge in [0.2, 0.25) is 0 Å². The minimum atomic E-state index is -4.33. The molecule has 2 saturated carbocycles. The Morgan fingerprint density at radius 2 is 2.00 bits per heavy atom. The van der Waals surface area contributed by atoms with E-state index in [0.29, 0.717) is 23.3 Å². The van der Waals surface area contributed by atoms with E-state index in [1.165, 1.54) is 25.3 Å². The fraction of sp³-hybridized carbons (Fsp3) is 0.700. The van der Waals surface area contributed by atoms with Crippen LogP contribution in [0.2, 0.25) is 0 Å². The molecule has 26 heavy (non-hydrogen) atoms. The number of alkyl halides is 3. The second kappa shape index (κ2) is 5.78. The number of rotatable bonds is 2. The summed E-state index contributed by atoms with van der Waals surface area (Å²) in [6.07, 6.45) is 1.43. The van der Waals surface area contributed by atoms with E-state index in [2.05, 4.69) is 10.6 Å². The molecule has 0 radical (unpaired) electrons. The first-order valence-electron chi connectivity index (χ1n) is 9.87. The molecule has 2 bridgehead atoms. The van der Waals surface area contributed by atoms with Crippen molar-refractivity contribution in [3.63, 3.8) is 0 Å². The highest BCUT2D eigenvalue weighted by Gasteiger charge is 2.45. The third kappa shape index (κ3) is 2.52. The maximum atomic E-state index is 13.9. The van der Waals surface area contributed by atoms with Crippen LogP contribution in [0.5, 0.6) is 0 Å². The first kappa shape index (κ1) is 16.7. The molecule has 0 unspecified atom stereocenters. The van der Waals surface area contributed by atoms with Crippen LogP contribution in [0.15, 0.2) is 12.1 Å². The van der Waals surface area contributed by atoms with Gasteiger partial charge in [-0.3, -0.25) is 0 Å². The van der Waals surface area contributed by atoms with Crippen LogP contribution < -0.4 is 15.5 Å². The molecule has 142 valence electrons. The Labute approximate surface area is 152 Å². The van der Waals surface area contributed by atoms with Gasteiger partial charge in [0, 0.05) is 37.3 Å². The van der Waals surface area contributed by atoms with Crippen molar-refractivity contribution in [1.29, 1.82) is 0 Å². The van der Waals surface area contributed by atoms with Crippen LogP contribution in [0.4, 0.5) is 24.5 Å². The van der Waals surface area contributed by atoms with Gasteiger partial charge in [-0.1, -0.05) is 6.42 Å². The summed E-state index contributed by atoms with van der Waals surface area (Å²) in [4.78, 5) is 1.88. The SMILES string of the molecule is CN1c2c(cc(N[C@@H]3C[C@@H]4CC[C@H]3C4)cc2C(F)(F)F)[C@@H]2CNCC[C@@H]21. The Kier molecular flexibility index (Phi) is 3.72. The number of halogens is 3. The predicted octanol–water partition coefficient (Wildman–Crippen LogP) is 4.20. The number of likely N-dealkylation sites (N-methyl/N-ethyl adjacent to an activating group) is 1. The molecular weight excluding hydrogens is 339 g/mol. The molecule has 5 rings (SSSR count). The van der Waals surface area contributed by atoms with E-state index >= 15 is 0 Å².